The molecular weight excluding hydrogens is 308 g/mol. The highest BCUT2D eigenvalue weighted by atomic mass is 16.5. The van der Waals surface area contributed by atoms with E-state index in [1.807, 2.05) is 25.1 Å². The second-order valence-electron chi connectivity index (χ2n) is 5.86. The van der Waals surface area contributed by atoms with E-state index < -0.39 is 0 Å². The number of esters is 1. The molecule has 1 aromatic carbocycles. The Balaban J connectivity index is 1.95. The molecule has 1 aliphatic heterocycles. The molecule has 1 unspecified atom stereocenters. The van der Waals surface area contributed by atoms with Crippen LogP contribution in [0.1, 0.15) is 12.1 Å². The number of rotatable bonds is 4. The van der Waals surface area contributed by atoms with E-state index in [1.54, 1.807) is 7.11 Å². The van der Waals surface area contributed by atoms with E-state index >= 15 is 0 Å². The summed E-state index contributed by atoms with van der Waals surface area (Å²) in [6.07, 6.45) is 0.0959. The van der Waals surface area contributed by atoms with Gasteiger partial charge in [-0.05, 0) is 19.1 Å². The van der Waals surface area contributed by atoms with Crippen molar-refractivity contribution in [1.82, 2.24) is 4.98 Å². The summed E-state index contributed by atoms with van der Waals surface area (Å²) >= 11 is 0. The minimum absolute atomic E-state index is 0.166. The number of para-hydroxylation sites is 1. The lowest BCUT2D eigenvalue weighted by Gasteiger charge is -2.35. The Labute approximate surface area is 141 Å². The van der Waals surface area contributed by atoms with Crippen LogP contribution in [-0.2, 0) is 14.3 Å². The molecule has 6 nitrogen and oxygen atoms in total. The van der Waals surface area contributed by atoms with E-state index in [9.17, 15) is 4.79 Å². The van der Waals surface area contributed by atoms with Gasteiger partial charge >= 0.3 is 5.97 Å². The summed E-state index contributed by atoms with van der Waals surface area (Å²) in [6.45, 7) is 3.97. The highest BCUT2D eigenvalue weighted by Gasteiger charge is 2.25. The van der Waals surface area contributed by atoms with Gasteiger partial charge in [-0.25, -0.2) is 4.98 Å². The Kier molecular flexibility index (Phi) is 4.85. The number of nitrogens with zero attached hydrogens (tertiary/aromatic N) is 2. The van der Waals surface area contributed by atoms with Crippen molar-refractivity contribution in [2.24, 2.45) is 0 Å². The molecule has 2 aromatic rings. The number of pyridine rings is 1. The van der Waals surface area contributed by atoms with Crippen LogP contribution in [0.4, 0.5) is 5.69 Å². The molecule has 0 spiro atoms. The van der Waals surface area contributed by atoms with E-state index in [2.05, 4.69) is 16.0 Å². The smallest absolute Gasteiger partial charge is 0.308 e. The maximum atomic E-state index is 11.5. The molecule has 1 fully saturated rings. The third kappa shape index (κ3) is 3.28. The molecule has 128 valence electrons. The lowest BCUT2D eigenvalue weighted by molar-refractivity contribution is -0.144. The van der Waals surface area contributed by atoms with Crippen LogP contribution in [0, 0.1) is 6.92 Å². The van der Waals surface area contributed by atoms with Crippen molar-refractivity contribution in [3.8, 4) is 5.75 Å². The average Bonchev–Trinajstić information content (AvgIpc) is 2.60. The van der Waals surface area contributed by atoms with Gasteiger partial charge in [0.05, 0.1) is 33.4 Å². The van der Waals surface area contributed by atoms with Gasteiger partial charge in [-0.3, -0.25) is 4.79 Å². The van der Waals surface area contributed by atoms with Crippen LogP contribution in [0.3, 0.4) is 0 Å². The molecule has 24 heavy (non-hydrogen) atoms. The number of ether oxygens (including phenoxy) is 3. The number of carbonyl (C=O) groups excluding carboxylic acids is 1. The van der Waals surface area contributed by atoms with E-state index in [4.69, 9.17) is 14.2 Å². The number of hydrogen-bond donors (Lipinski definition) is 0. The largest absolute Gasteiger partial charge is 0.494 e. The number of benzene rings is 1. The molecule has 1 saturated heterocycles. The van der Waals surface area contributed by atoms with Crippen molar-refractivity contribution >= 4 is 22.6 Å². The average molecular weight is 330 g/mol. The standard InChI is InChI=1S/C18H22N2O4/c1-12-9-15(14-5-4-6-16(22-2)18(14)19-12)20-7-8-24-13(11-20)10-17(21)23-3/h4-6,9,13H,7-8,10-11H2,1-3H3. The maximum absolute atomic E-state index is 11.5. The molecule has 2 heterocycles. The van der Waals surface area contributed by atoms with Crippen LogP contribution in [0.2, 0.25) is 0 Å². The number of morpholine rings is 1. The molecule has 1 aliphatic rings. The van der Waals surface area contributed by atoms with Gasteiger partial charge in [0, 0.05) is 29.9 Å². The molecule has 1 aromatic heterocycles. The maximum Gasteiger partial charge on any atom is 0.308 e. The third-order valence-electron chi connectivity index (χ3n) is 4.23. The van der Waals surface area contributed by atoms with E-state index in [0.717, 1.165) is 34.6 Å². The molecule has 0 saturated carbocycles. The van der Waals surface area contributed by atoms with Gasteiger partial charge in [0.2, 0.25) is 0 Å². The predicted octanol–water partition coefficient (Wildman–Crippen LogP) is 2.32. The zero-order valence-corrected chi connectivity index (χ0v) is 14.2. The fourth-order valence-corrected chi connectivity index (χ4v) is 3.09. The summed E-state index contributed by atoms with van der Waals surface area (Å²) in [5, 5.41) is 1.04. The number of carbonyl (C=O) groups is 1. The second-order valence-corrected chi connectivity index (χ2v) is 5.86. The minimum atomic E-state index is -0.251. The number of methoxy groups -OCH3 is 2. The monoisotopic (exact) mass is 330 g/mol. The number of anilines is 1. The molecule has 0 amide bonds. The van der Waals surface area contributed by atoms with Crippen LogP contribution >= 0.6 is 0 Å². The first kappa shape index (κ1) is 16.5. The molecular formula is C18H22N2O4. The minimum Gasteiger partial charge on any atom is -0.494 e. The highest BCUT2D eigenvalue weighted by molar-refractivity contribution is 5.95. The van der Waals surface area contributed by atoms with Crippen LogP contribution < -0.4 is 9.64 Å². The van der Waals surface area contributed by atoms with Crippen molar-refractivity contribution in [3.63, 3.8) is 0 Å². The van der Waals surface area contributed by atoms with Crippen LogP contribution in [0.5, 0.6) is 5.75 Å². The Morgan fingerprint density at radius 2 is 2.25 bits per heavy atom. The van der Waals surface area contributed by atoms with Crippen molar-refractivity contribution in [1.29, 1.82) is 0 Å². The summed E-state index contributed by atoms with van der Waals surface area (Å²) < 4.78 is 15.9. The predicted molar refractivity (Wildman–Crippen MR) is 91.6 cm³/mol. The molecule has 0 aliphatic carbocycles. The first-order valence-electron chi connectivity index (χ1n) is 8.00. The molecule has 6 heteroatoms. The van der Waals surface area contributed by atoms with E-state index in [1.165, 1.54) is 7.11 Å². The summed E-state index contributed by atoms with van der Waals surface area (Å²) in [6, 6.07) is 8.00. The van der Waals surface area contributed by atoms with Gasteiger partial charge in [0.1, 0.15) is 11.3 Å². The summed E-state index contributed by atoms with van der Waals surface area (Å²) in [7, 11) is 3.05. The van der Waals surface area contributed by atoms with Crippen LogP contribution in [0.25, 0.3) is 10.9 Å². The first-order valence-corrected chi connectivity index (χ1v) is 8.00. The number of hydrogen-bond acceptors (Lipinski definition) is 6. The van der Waals surface area contributed by atoms with E-state index in [-0.39, 0.29) is 18.5 Å². The van der Waals surface area contributed by atoms with Crippen LogP contribution in [-0.4, -0.2) is 51.0 Å². The van der Waals surface area contributed by atoms with Gasteiger partial charge in [-0.1, -0.05) is 12.1 Å². The summed E-state index contributed by atoms with van der Waals surface area (Å²) in [5.74, 6) is 0.510. The third-order valence-corrected chi connectivity index (χ3v) is 4.23. The first-order chi connectivity index (χ1) is 11.6. The topological polar surface area (TPSA) is 60.9 Å². The Morgan fingerprint density at radius 1 is 1.42 bits per heavy atom. The Morgan fingerprint density at radius 3 is 3.00 bits per heavy atom. The Bertz CT molecular complexity index is 747. The van der Waals surface area contributed by atoms with Gasteiger partial charge in [-0.15, -0.1) is 0 Å². The molecule has 3 rings (SSSR count). The second kappa shape index (κ2) is 7.05. The summed E-state index contributed by atoms with van der Waals surface area (Å²) in [4.78, 5) is 18.4. The van der Waals surface area contributed by atoms with Gasteiger partial charge < -0.3 is 19.1 Å². The van der Waals surface area contributed by atoms with Gasteiger partial charge in [0.15, 0.2) is 0 Å². The fraction of sp³-hybridized carbons (Fsp3) is 0.444. The number of aryl methyl sites for hydroxylation is 1. The normalized spacial score (nSPS) is 17.8. The fourth-order valence-electron chi connectivity index (χ4n) is 3.09. The van der Waals surface area contributed by atoms with Gasteiger partial charge in [-0.2, -0.15) is 0 Å². The Hall–Kier alpha value is -2.34. The lowest BCUT2D eigenvalue weighted by Crippen LogP contribution is -2.43. The molecule has 0 N–H and O–H groups in total. The number of fused-ring (bicyclic) bond motifs is 1. The summed E-state index contributed by atoms with van der Waals surface area (Å²) in [5.41, 5.74) is 2.87. The SMILES string of the molecule is COC(=O)CC1CN(c2cc(C)nc3c(OC)cccc23)CCO1. The van der Waals surface area contributed by atoms with E-state index in [0.29, 0.717) is 13.2 Å². The van der Waals surface area contributed by atoms with Crippen molar-refractivity contribution in [2.75, 3.05) is 38.8 Å². The lowest BCUT2D eigenvalue weighted by atomic mass is 10.1. The highest BCUT2D eigenvalue weighted by Crippen LogP contribution is 2.33. The van der Waals surface area contributed by atoms with Crippen molar-refractivity contribution < 1.29 is 19.0 Å². The number of aromatic nitrogens is 1. The molecule has 0 radical (unpaired) electrons. The van der Waals surface area contributed by atoms with Crippen LogP contribution in [0.15, 0.2) is 24.3 Å². The van der Waals surface area contributed by atoms with Crippen molar-refractivity contribution in [2.45, 2.75) is 19.4 Å². The quantitative estimate of drug-likeness (QED) is 0.802. The molecule has 0 bridgehead atoms. The molecule has 1 atom stereocenters. The van der Waals surface area contributed by atoms with Gasteiger partial charge in [0.25, 0.3) is 0 Å². The zero-order valence-electron chi connectivity index (χ0n) is 14.2. The van der Waals surface area contributed by atoms with Crippen molar-refractivity contribution in [3.05, 3.63) is 30.0 Å². The zero-order chi connectivity index (χ0) is 17.1.